The van der Waals surface area contributed by atoms with Crippen LogP contribution in [0, 0.1) is 6.92 Å². The molecule has 0 spiro atoms. The number of amides is 1. The van der Waals surface area contributed by atoms with Crippen molar-refractivity contribution in [3.63, 3.8) is 0 Å². The average Bonchev–Trinajstić information content (AvgIpc) is 3.15. The summed E-state index contributed by atoms with van der Waals surface area (Å²) in [6, 6.07) is 18.5. The summed E-state index contributed by atoms with van der Waals surface area (Å²) in [6.45, 7) is 3.94. The first-order valence-corrected chi connectivity index (χ1v) is 11.5. The topological polar surface area (TPSA) is 59.8 Å². The molecule has 156 valence electrons. The number of carbonyl (C=O) groups excluding carboxylic acids is 1. The highest BCUT2D eigenvalue weighted by Gasteiger charge is 2.25. The summed E-state index contributed by atoms with van der Waals surface area (Å²) >= 11 is 1.49. The van der Waals surface area contributed by atoms with Crippen molar-refractivity contribution in [2.75, 3.05) is 5.32 Å². The summed E-state index contributed by atoms with van der Waals surface area (Å²) in [5, 5.41) is 12.4. The molecule has 1 aliphatic rings. The molecule has 1 heterocycles. The molecule has 1 N–H and O–H groups in total. The predicted octanol–water partition coefficient (Wildman–Crippen LogP) is 5.88. The van der Waals surface area contributed by atoms with Gasteiger partial charge < -0.3 is 9.88 Å². The summed E-state index contributed by atoms with van der Waals surface area (Å²) < 4.78 is 2.24. The van der Waals surface area contributed by atoms with Gasteiger partial charge in [-0.3, -0.25) is 4.79 Å². The molecular formula is C24H28N4OS. The Morgan fingerprint density at radius 3 is 2.50 bits per heavy atom. The van der Waals surface area contributed by atoms with Crippen LogP contribution in [0.4, 0.5) is 5.69 Å². The van der Waals surface area contributed by atoms with Gasteiger partial charge in [0.2, 0.25) is 5.91 Å². The summed E-state index contributed by atoms with van der Waals surface area (Å²) in [5.74, 6) is 0.908. The van der Waals surface area contributed by atoms with E-state index in [1.165, 1.54) is 31.0 Å². The Hall–Kier alpha value is -2.60. The number of nitrogens with one attached hydrogen (secondary N) is 1. The van der Waals surface area contributed by atoms with Crippen molar-refractivity contribution >= 4 is 23.4 Å². The molecule has 1 aliphatic carbocycles. The normalized spacial score (nSPS) is 15.7. The van der Waals surface area contributed by atoms with Gasteiger partial charge in [0.05, 0.1) is 5.25 Å². The van der Waals surface area contributed by atoms with E-state index in [1.807, 2.05) is 56.3 Å². The molecule has 1 atom stereocenters. The summed E-state index contributed by atoms with van der Waals surface area (Å²) in [5.41, 5.74) is 2.93. The lowest BCUT2D eigenvalue weighted by atomic mass is 9.95. The summed E-state index contributed by atoms with van der Waals surface area (Å²) in [6.07, 6.45) is 6.13. The zero-order chi connectivity index (χ0) is 20.9. The monoisotopic (exact) mass is 420 g/mol. The Kier molecular flexibility index (Phi) is 6.53. The van der Waals surface area contributed by atoms with Crippen LogP contribution in [0.3, 0.4) is 0 Å². The number of anilines is 1. The fraction of sp³-hybridized carbons (Fsp3) is 0.375. The third-order valence-corrected chi connectivity index (χ3v) is 6.75. The van der Waals surface area contributed by atoms with E-state index in [2.05, 4.69) is 32.2 Å². The Morgan fingerprint density at radius 1 is 1.03 bits per heavy atom. The molecule has 1 aromatic heterocycles. The van der Waals surface area contributed by atoms with Crippen LogP contribution in [-0.2, 0) is 4.79 Å². The average molecular weight is 421 g/mol. The molecule has 0 bridgehead atoms. The number of hydrogen-bond donors (Lipinski definition) is 1. The molecule has 2 aromatic carbocycles. The van der Waals surface area contributed by atoms with Crippen LogP contribution in [0.15, 0.2) is 59.8 Å². The van der Waals surface area contributed by atoms with E-state index >= 15 is 0 Å². The molecule has 5 nitrogen and oxygen atoms in total. The van der Waals surface area contributed by atoms with Crippen LogP contribution in [0.1, 0.15) is 50.9 Å². The third-order valence-electron chi connectivity index (χ3n) is 5.70. The summed E-state index contributed by atoms with van der Waals surface area (Å²) in [4.78, 5) is 13.0. The first-order valence-electron chi connectivity index (χ1n) is 10.7. The molecule has 6 heteroatoms. The lowest BCUT2D eigenvalue weighted by Gasteiger charge is -2.25. The molecule has 1 saturated carbocycles. The molecule has 1 fully saturated rings. The Labute approximate surface area is 182 Å². The standard InChI is InChI=1S/C24H28N4OS/c1-17(30-24-27-26-18(2)28(24)20-13-7-4-8-14-20)23(29)25-22-16-10-9-15-21(22)19-11-5-3-6-12-19/h3,5-6,9-12,15-17,20H,4,7-8,13-14H2,1-2H3,(H,25,29). The largest absolute Gasteiger partial charge is 0.325 e. The van der Waals surface area contributed by atoms with E-state index in [0.29, 0.717) is 6.04 Å². The van der Waals surface area contributed by atoms with E-state index in [9.17, 15) is 4.79 Å². The first kappa shape index (κ1) is 20.7. The Morgan fingerprint density at radius 2 is 1.73 bits per heavy atom. The van der Waals surface area contributed by atoms with Gasteiger partial charge in [-0.15, -0.1) is 10.2 Å². The number of thioether (sulfide) groups is 1. The van der Waals surface area contributed by atoms with Crippen LogP contribution in [0.2, 0.25) is 0 Å². The number of para-hydroxylation sites is 1. The SMILES string of the molecule is Cc1nnc(SC(C)C(=O)Nc2ccccc2-c2ccccc2)n1C1CCCCC1. The third kappa shape index (κ3) is 4.59. The second-order valence-electron chi connectivity index (χ2n) is 7.85. The highest BCUT2D eigenvalue weighted by Crippen LogP contribution is 2.34. The quantitative estimate of drug-likeness (QED) is 0.506. The van der Waals surface area contributed by atoms with Gasteiger partial charge in [-0.2, -0.15) is 0 Å². The highest BCUT2D eigenvalue weighted by atomic mass is 32.2. The molecule has 3 aromatic rings. The summed E-state index contributed by atoms with van der Waals surface area (Å²) in [7, 11) is 0. The van der Waals surface area contributed by atoms with Crippen molar-refractivity contribution in [1.82, 2.24) is 14.8 Å². The second-order valence-corrected chi connectivity index (χ2v) is 9.16. The molecule has 0 radical (unpaired) electrons. The molecule has 4 rings (SSSR count). The number of nitrogens with zero attached hydrogens (tertiary/aromatic N) is 3. The minimum absolute atomic E-state index is 0.0285. The fourth-order valence-electron chi connectivity index (χ4n) is 4.10. The lowest BCUT2D eigenvalue weighted by molar-refractivity contribution is -0.115. The smallest absolute Gasteiger partial charge is 0.237 e. The van der Waals surface area contributed by atoms with Crippen LogP contribution < -0.4 is 5.32 Å². The van der Waals surface area contributed by atoms with E-state index in [4.69, 9.17) is 0 Å². The van der Waals surface area contributed by atoms with Gasteiger partial charge in [0.15, 0.2) is 5.16 Å². The number of carbonyl (C=O) groups is 1. The molecule has 0 saturated heterocycles. The maximum absolute atomic E-state index is 13.0. The first-order chi connectivity index (χ1) is 14.6. The van der Waals surface area contributed by atoms with Crippen molar-refractivity contribution in [1.29, 1.82) is 0 Å². The predicted molar refractivity (Wildman–Crippen MR) is 123 cm³/mol. The molecule has 1 unspecified atom stereocenters. The van der Waals surface area contributed by atoms with E-state index in [1.54, 1.807) is 0 Å². The minimum Gasteiger partial charge on any atom is -0.325 e. The van der Waals surface area contributed by atoms with Crippen molar-refractivity contribution in [3.8, 4) is 11.1 Å². The molecule has 30 heavy (non-hydrogen) atoms. The van der Waals surface area contributed by atoms with Gasteiger partial charge in [-0.1, -0.05) is 79.6 Å². The van der Waals surface area contributed by atoms with Gasteiger partial charge in [0.25, 0.3) is 0 Å². The highest BCUT2D eigenvalue weighted by molar-refractivity contribution is 8.00. The van der Waals surface area contributed by atoms with Gasteiger partial charge in [-0.25, -0.2) is 0 Å². The zero-order valence-electron chi connectivity index (χ0n) is 17.5. The van der Waals surface area contributed by atoms with Crippen molar-refractivity contribution in [2.24, 2.45) is 0 Å². The zero-order valence-corrected chi connectivity index (χ0v) is 18.4. The van der Waals surface area contributed by atoms with Crippen LogP contribution in [0.25, 0.3) is 11.1 Å². The van der Waals surface area contributed by atoms with Crippen LogP contribution in [-0.4, -0.2) is 25.9 Å². The molecular weight excluding hydrogens is 392 g/mol. The van der Waals surface area contributed by atoms with Gasteiger partial charge in [-0.05, 0) is 38.3 Å². The Balaban J connectivity index is 1.49. The van der Waals surface area contributed by atoms with E-state index in [0.717, 1.165) is 40.6 Å². The molecule has 1 amide bonds. The van der Waals surface area contributed by atoms with Crippen molar-refractivity contribution in [3.05, 3.63) is 60.4 Å². The minimum atomic E-state index is -0.278. The number of rotatable bonds is 6. The number of hydrogen-bond acceptors (Lipinski definition) is 4. The van der Waals surface area contributed by atoms with Gasteiger partial charge >= 0.3 is 0 Å². The van der Waals surface area contributed by atoms with Gasteiger partial charge in [0, 0.05) is 17.3 Å². The maximum atomic E-state index is 13.0. The maximum Gasteiger partial charge on any atom is 0.237 e. The number of aryl methyl sites for hydroxylation is 1. The van der Waals surface area contributed by atoms with E-state index in [-0.39, 0.29) is 11.2 Å². The number of benzene rings is 2. The van der Waals surface area contributed by atoms with Crippen molar-refractivity contribution in [2.45, 2.75) is 62.4 Å². The lowest BCUT2D eigenvalue weighted by Crippen LogP contribution is -2.24. The fourth-order valence-corrected chi connectivity index (χ4v) is 5.06. The van der Waals surface area contributed by atoms with Crippen LogP contribution >= 0.6 is 11.8 Å². The van der Waals surface area contributed by atoms with Gasteiger partial charge in [0.1, 0.15) is 5.82 Å². The Bertz CT molecular complexity index is 995. The molecule has 0 aliphatic heterocycles. The second kappa shape index (κ2) is 9.47. The van der Waals surface area contributed by atoms with E-state index < -0.39 is 0 Å². The van der Waals surface area contributed by atoms with Crippen molar-refractivity contribution < 1.29 is 4.79 Å². The number of aromatic nitrogens is 3. The van der Waals surface area contributed by atoms with Crippen LogP contribution in [0.5, 0.6) is 0 Å².